The fourth-order valence-electron chi connectivity index (χ4n) is 14.0. The topological polar surface area (TPSA) is 108 Å². The second-order valence-corrected chi connectivity index (χ2v) is 31.9. The van der Waals surface area contributed by atoms with Gasteiger partial charge < -0.3 is 28.5 Å². The first-order valence-electron chi connectivity index (χ1n) is 44.4. The third kappa shape index (κ3) is 81.3. The molecule has 0 amide bonds. The van der Waals surface area contributed by atoms with Crippen molar-refractivity contribution in [1.29, 1.82) is 0 Å². The number of unbranched alkanes of at least 4 members (excludes halogenated alkanes) is 68. The van der Waals surface area contributed by atoms with Gasteiger partial charge in [0.1, 0.15) is 13.2 Å². The molecular weight excluding hydrogens is 1210 g/mol. The molecule has 0 bridgehead atoms. The van der Waals surface area contributed by atoms with Gasteiger partial charge in [0.15, 0.2) is 6.10 Å². The molecule has 0 aliphatic heterocycles. The highest BCUT2D eigenvalue weighted by atomic mass is 16.7. The number of ether oxygens (including phenoxy) is 4. The van der Waals surface area contributed by atoms with Crippen molar-refractivity contribution >= 4 is 17.9 Å². The Morgan fingerprint density at radius 1 is 0.296 bits per heavy atom. The molecule has 9 nitrogen and oxygen atoms in total. The highest BCUT2D eigenvalue weighted by Crippen LogP contribution is 2.21. The maximum Gasteiger partial charge on any atom is 0.361 e. The van der Waals surface area contributed by atoms with Crippen molar-refractivity contribution in [3.8, 4) is 0 Å². The molecule has 0 spiro atoms. The van der Waals surface area contributed by atoms with Crippen LogP contribution in [0, 0.1) is 0 Å². The van der Waals surface area contributed by atoms with E-state index in [0.29, 0.717) is 17.4 Å². The van der Waals surface area contributed by atoms with Crippen LogP contribution in [0.2, 0.25) is 0 Å². The first-order valence-corrected chi connectivity index (χ1v) is 44.4. The number of hydrogen-bond donors (Lipinski definition) is 1. The molecule has 0 aromatic carbocycles. The van der Waals surface area contributed by atoms with Crippen LogP contribution in [0.5, 0.6) is 0 Å². The SMILES string of the molecule is CCCCCCCCCC/C=C\CCCCCCCCCCCCCCCCCCCCCCCCCCCCCCCC(=O)OC(COC(=O)CCCCCCCCCCCCCCCCCCCCCCCCCCCCCCCCCC)COC(OCC[N+](C)(C)C)C(=O)O. The van der Waals surface area contributed by atoms with Crippen LogP contribution < -0.4 is 0 Å². The summed E-state index contributed by atoms with van der Waals surface area (Å²) in [5.74, 6) is -1.96. The van der Waals surface area contributed by atoms with E-state index in [9.17, 15) is 19.5 Å². The number of rotatable bonds is 85. The van der Waals surface area contributed by atoms with Crippen LogP contribution in [-0.4, -0.2) is 87.4 Å². The monoisotopic (exact) mass is 1390 g/mol. The predicted octanol–water partition coefficient (Wildman–Crippen LogP) is 28.7. The fraction of sp³-hybridized carbons (Fsp3) is 0.944. The highest BCUT2D eigenvalue weighted by molar-refractivity contribution is 5.71. The van der Waals surface area contributed by atoms with Crippen molar-refractivity contribution in [3.05, 3.63) is 12.2 Å². The number of nitrogens with zero attached hydrogens (tertiary/aromatic N) is 1. The number of hydrogen-bond acceptors (Lipinski definition) is 7. The molecule has 582 valence electrons. The summed E-state index contributed by atoms with van der Waals surface area (Å²) in [6.45, 7) is 4.98. The van der Waals surface area contributed by atoms with Crippen LogP contribution in [0.15, 0.2) is 12.2 Å². The van der Waals surface area contributed by atoms with Gasteiger partial charge in [-0.25, -0.2) is 4.79 Å². The molecular formula is C89H174NO8+. The number of likely N-dealkylation sites (N-methyl/N-ethyl adjacent to an activating group) is 1. The van der Waals surface area contributed by atoms with Crippen LogP contribution in [0.1, 0.15) is 483 Å². The molecule has 1 N–H and O–H groups in total. The number of esters is 2. The maximum absolute atomic E-state index is 13.0. The van der Waals surface area contributed by atoms with E-state index in [-0.39, 0.29) is 38.2 Å². The molecule has 0 saturated carbocycles. The van der Waals surface area contributed by atoms with Crippen LogP contribution in [-0.2, 0) is 33.3 Å². The Hall–Kier alpha value is -1.97. The van der Waals surface area contributed by atoms with Gasteiger partial charge in [-0.2, -0.15) is 0 Å². The van der Waals surface area contributed by atoms with Crippen LogP contribution in [0.3, 0.4) is 0 Å². The van der Waals surface area contributed by atoms with Gasteiger partial charge in [0.05, 0.1) is 34.4 Å². The number of carboxylic acid groups (broad SMARTS) is 1. The number of carbonyl (C=O) groups is 3. The Bertz CT molecular complexity index is 1610. The number of aliphatic carboxylic acids is 1. The predicted molar refractivity (Wildman–Crippen MR) is 425 cm³/mol. The van der Waals surface area contributed by atoms with Crippen molar-refractivity contribution in [1.82, 2.24) is 0 Å². The zero-order valence-electron chi connectivity index (χ0n) is 67.0. The van der Waals surface area contributed by atoms with Crippen molar-refractivity contribution in [2.24, 2.45) is 0 Å². The molecule has 0 rings (SSSR count). The molecule has 0 fully saturated rings. The Morgan fingerprint density at radius 2 is 0.520 bits per heavy atom. The summed E-state index contributed by atoms with van der Waals surface area (Å²) in [6, 6.07) is 0. The van der Waals surface area contributed by atoms with E-state index in [2.05, 4.69) is 26.0 Å². The number of allylic oxidation sites excluding steroid dienone is 2. The van der Waals surface area contributed by atoms with Crippen molar-refractivity contribution in [3.63, 3.8) is 0 Å². The second kappa shape index (κ2) is 80.7. The van der Waals surface area contributed by atoms with Crippen LogP contribution >= 0.6 is 0 Å². The Morgan fingerprint density at radius 3 is 0.755 bits per heavy atom. The van der Waals surface area contributed by atoms with Crippen LogP contribution in [0.25, 0.3) is 0 Å². The number of carboxylic acids is 1. The minimum atomic E-state index is -1.51. The summed E-state index contributed by atoms with van der Waals surface area (Å²) in [4.78, 5) is 37.8. The van der Waals surface area contributed by atoms with Crippen LogP contribution in [0.4, 0.5) is 0 Å². The van der Waals surface area contributed by atoms with Crippen molar-refractivity contribution < 1.29 is 42.9 Å². The summed E-state index contributed by atoms with van der Waals surface area (Å²) in [6.07, 6.45) is 99.9. The molecule has 98 heavy (non-hydrogen) atoms. The summed E-state index contributed by atoms with van der Waals surface area (Å²) >= 11 is 0. The van der Waals surface area contributed by atoms with Gasteiger partial charge in [0, 0.05) is 12.8 Å². The maximum atomic E-state index is 13.0. The highest BCUT2D eigenvalue weighted by Gasteiger charge is 2.25. The molecule has 0 aromatic rings. The zero-order valence-corrected chi connectivity index (χ0v) is 67.0. The van der Waals surface area contributed by atoms with Gasteiger partial charge in [-0.3, -0.25) is 9.59 Å². The minimum absolute atomic E-state index is 0.172. The smallest absolute Gasteiger partial charge is 0.361 e. The number of quaternary nitrogens is 1. The molecule has 9 heteroatoms. The van der Waals surface area contributed by atoms with Crippen molar-refractivity contribution in [2.75, 3.05) is 47.5 Å². The van der Waals surface area contributed by atoms with Crippen molar-refractivity contribution in [2.45, 2.75) is 495 Å². The third-order valence-corrected chi connectivity index (χ3v) is 20.8. The molecule has 0 aromatic heterocycles. The zero-order chi connectivity index (χ0) is 71.1. The Kier molecular flexibility index (Phi) is 79.1. The van der Waals surface area contributed by atoms with Gasteiger partial charge in [-0.05, 0) is 38.5 Å². The molecule has 0 aliphatic carbocycles. The largest absolute Gasteiger partial charge is 0.477 e. The van der Waals surface area contributed by atoms with Gasteiger partial charge in [0.2, 0.25) is 0 Å². The van der Waals surface area contributed by atoms with E-state index in [0.717, 1.165) is 38.5 Å². The van der Waals surface area contributed by atoms with E-state index < -0.39 is 18.4 Å². The lowest BCUT2D eigenvalue weighted by atomic mass is 10.0. The van der Waals surface area contributed by atoms with Gasteiger partial charge in [-0.15, -0.1) is 0 Å². The molecule has 2 atom stereocenters. The number of carbonyl (C=O) groups excluding carboxylic acids is 2. The molecule has 0 heterocycles. The summed E-state index contributed by atoms with van der Waals surface area (Å²) < 4.78 is 23.1. The fourth-order valence-corrected chi connectivity index (χ4v) is 14.0. The van der Waals surface area contributed by atoms with E-state index in [1.807, 2.05) is 21.1 Å². The normalized spacial score (nSPS) is 12.5. The Balaban J connectivity index is 3.88. The van der Waals surface area contributed by atoms with E-state index in [4.69, 9.17) is 18.9 Å². The molecule has 0 aliphatic rings. The second-order valence-electron chi connectivity index (χ2n) is 31.9. The first kappa shape index (κ1) is 96.0. The summed E-state index contributed by atoms with van der Waals surface area (Å²) in [5, 5.41) is 9.79. The standard InChI is InChI=1S/C89H173NO8/c1-6-8-10-12-14-16-18-20-22-24-26-28-30-32-34-36-38-40-41-42-43-44-45-46-47-48-50-52-54-56-58-60-62-64-66-68-70-72-74-76-78-80-87(92)98-85(84-97-89(88(93)94)95-82-81-90(3,4)5)83-96-86(91)79-77-75-73-71-69-67-65-63-61-59-57-55-53-51-49-39-37-35-33-31-29-27-25-23-21-19-17-15-13-11-9-7-2/h24,26,85,89H,6-23,25,27-84H2,1-5H3/p+1/b26-24-. The average molecular weight is 1390 g/mol. The lowest BCUT2D eigenvalue weighted by molar-refractivity contribution is -0.870. The van der Waals surface area contributed by atoms with Gasteiger partial charge in [0.25, 0.3) is 6.29 Å². The van der Waals surface area contributed by atoms with E-state index in [1.54, 1.807) is 0 Å². The Labute approximate surface area is 612 Å². The molecule has 0 saturated heterocycles. The first-order chi connectivity index (χ1) is 48.1. The van der Waals surface area contributed by atoms with Gasteiger partial charge in [-0.1, -0.05) is 443 Å². The average Bonchev–Trinajstić information content (AvgIpc) is 1.40. The van der Waals surface area contributed by atoms with E-state index >= 15 is 0 Å². The molecule has 0 radical (unpaired) electrons. The quantitative estimate of drug-likeness (QED) is 0.0211. The summed E-state index contributed by atoms with van der Waals surface area (Å²) in [7, 11) is 6.01. The lowest BCUT2D eigenvalue weighted by Crippen LogP contribution is -2.40. The van der Waals surface area contributed by atoms with E-state index in [1.165, 1.54) is 417 Å². The lowest BCUT2D eigenvalue weighted by Gasteiger charge is -2.25. The van der Waals surface area contributed by atoms with Gasteiger partial charge >= 0.3 is 17.9 Å². The minimum Gasteiger partial charge on any atom is -0.477 e. The molecule has 2 unspecified atom stereocenters. The third-order valence-electron chi connectivity index (χ3n) is 20.8. The summed E-state index contributed by atoms with van der Waals surface area (Å²) in [5.41, 5.74) is 0.